The highest BCUT2D eigenvalue weighted by Gasteiger charge is 1.90. The van der Waals surface area contributed by atoms with E-state index in [1.165, 1.54) is 4.88 Å². The van der Waals surface area contributed by atoms with Crippen LogP contribution in [0.5, 0.6) is 0 Å². The van der Waals surface area contributed by atoms with E-state index in [1.807, 2.05) is 17.5 Å². The second-order valence-electron chi connectivity index (χ2n) is 2.68. The number of ether oxygens (including phenoxy) is 1. The molecule has 0 spiro atoms. The third kappa shape index (κ3) is 5.04. The Morgan fingerprint density at radius 1 is 1.67 bits per heavy atom. The van der Waals surface area contributed by atoms with E-state index in [0.29, 0.717) is 6.61 Å². The minimum absolute atomic E-state index is 0.367. The summed E-state index contributed by atoms with van der Waals surface area (Å²) in [4.78, 5) is 12.1. The summed E-state index contributed by atoms with van der Waals surface area (Å²) in [5.41, 5.74) is 0. The van der Waals surface area contributed by atoms with E-state index >= 15 is 0 Å². The molecule has 1 aromatic heterocycles. The van der Waals surface area contributed by atoms with Crippen molar-refractivity contribution in [2.75, 3.05) is 6.61 Å². The van der Waals surface area contributed by atoms with Crippen molar-refractivity contribution in [1.29, 1.82) is 0 Å². The molecule has 0 unspecified atom stereocenters. The molecular formula is C12H12O2S. The van der Waals surface area contributed by atoms with Crippen LogP contribution in [0.25, 0.3) is 0 Å². The second kappa shape index (κ2) is 6.86. The van der Waals surface area contributed by atoms with Crippen LogP contribution in [0.2, 0.25) is 0 Å². The minimum Gasteiger partial charge on any atom is -0.456 e. The lowest BCUT2D eigenvalue weighted by molar-refractivity contribution is -0.136. The maximum absolute atomic E-state index is 10.8. The van der Waals surface area contributed by atoms with Crippen LogP contribution in [0.4, 0.5) is 0 Å². The van der Waals surface area contributed by atoms with Crippen LogP contribution in [0.3, 0.4) is 0 Å². The molecule has 0 bridgehead atoms. The fraction of sp³-hybridized carbons (Fsp3) is 0.250. The highest BCUT2D eigenvalue weighted by molar-refractivity contribution is 7.09. The monoisotopic (exact) mass is 220 g/mol. The molecule has 0 saturated carbocycles. The molecule has 0 saturated heterocycles. The number of carbonyl (C=O) groups excluding carboxylic acids is 1. The van der Waals surface area contributed by atoms with E-state index in [-0.39, 0.29) is 0 Å². The lowest BCUT2D eigenvalue weighted by Crippen LogP contribution is -1.99. The molecule has 0 aliphatic rings. The number of hydrogen-bond donors (Lipinski definition) is 0. The van der Waals surface area contributed by atoms with E-state index in [1.54, 1.807) is 24.3 Å². The molecule has 0 amide bonds. The lowest BCUT2D eigenvalue weighted by atomic mass is 10.3. The first-order valence-corrected chi connectivity index (χ1v) is 5.56. The molecule has 0 aliphatic carbocycles. The number of thiophene rings is 1. The molecule has 1 rings (SSSR count). The Morgan fingerprint density at radius 2 is 2.53 bits per heavy atom. The van der Waals surface area contributed by atoms with Gasteiger partial charge in [-0.05, 0) is 24.4 Å². The molecule has 1 aromatic rings. The van der Waals surface area contributed by atoms with Gasteiger partial charge in [0.15, 0.2) is 0 Å². The minimum atomic E-state index is -0.474. The molecule has 1 heterocycles. The summed E-state index contributed by atoms with van der Waals surface area (Å²) in [7, 11) is 0. The van der Waals surface area contributed by atoms with E-state index in [4.69, 9.17) is 0 Å². The van der Waals surface area contributed by atoms with Gasteiger partial charge < -0.3 is 4.74 Å². The largest absolute Gasteiger partial charge is 0.456 e. The number of hydrogen-bond acceptors (Lipinski definition) is 3. The van der Waals surface area contributed by atoms with E-state index in [9.17, 15) is 4.79 Å². The molecule has 0 atom stereocenters. The van der Waals surface area contributed by atoms with Crippen molar-refractivity contribution in [3.05, 3.63) is 34.5 Å². The summed E-state index contributed by atoms with van der Waals surface area (Å²) in [6, 6.07) is 4.08. The van der Waals surface area contributed by atoms with Crippen LogP contribution < -0.4 is 0 Å². The predicted octanol–water partition coefficient (Wildman–Crippen LogP) is 2.41. The first kappa shape index (κ1) is 11.5. The summed E-state index contributed by atoms with van der Waals surface area (Å²) in [5.74, 6) is 4.53. The normalized spacial score (nSPS) is 9.67. The van der Waals surface area contributed by atoms with Gasteiger partial charge in [-0.25, -0.2) is 4.79 Å². The van der Waals surface area contributed by atoms with Gasteiger partial charge in [0.2, 0.25) is 0 Å². The molecule has 15 heavy (non-hydrogen) atoms. The van der Waals surface area contributed by atoms with Crippen molar-refractivity contribution in [3.63, 3.8) is 0 Å². The Balaban J connectivity index is 2.30. The van der Waals surface area contributed by atoms with Gasteiger partial charge in [-0.2, -0.15) is 0 Å². The Hall–Kier alpha value is -1.53. The van der Waals surface area contributed by atoms with Gasteiger partial charge in [-0.1, -0.05) is 18.1 Å². The Bertz CT molecular complexity index is 379. The quantitative estimate of drug-likeness (QED) is 0.444. The van der Waals surface area contributed by atoms with Crippen molar-refractivity contribution >= 4 is 17.3 Å². The topological polar surface area (TPSA) is 26.3 Å². The van der Waals surface area contributed by atoms with Gasteiger partial charge in [-0.15, -0.1) is 11.3 Å². The van der Waals surface area contributed by atoms with E-state index < -0.39 is 5.97 Å². The summed E-state index contributed by atoms with van der Waals surface area (Å²) in [6.07, 6.45) is 4.46. The Kier molecular flexibility index (Phi) is 5.28. The summed E-state index contributed by atoms with van der Waals surface area (Å²) >= 11 is 1.70. The fourth-order valence-electron chi connectivity index (χ4n) is 0.931. The van der Waals surface area contributed by atoms with Gasteiger partial charge >= 0.3 is 5.97 Å². The van der Waals surface area contributed by atoms with Crippen LogP contribution in [0, 0.1) is 11.8 Å². The number of rotatable bonds is 3. The first-order valence-electron chi connectivity index (χ1n) is 4.68. The third-order valence-electron chi connectivity index (χ3n) is 1.55. The molecule has 2 nitrogen and oxygen atoms in total. The van der Waals surface area contributed by atoms with Gasteiger partial charge in [0.1, 0.15) is 0 Å². The average molecular weight is 220 g/mol. The summed E-state index contributed by atoms with van der Waals surface area (Å²) < 4.78 is 4.65. The maximum atomic E-state index is 10.8. The smallest absolute Gasteiger partial charge is 0.384 e. The zero-order valence-corrected chi connectivity index (χ0v) is 9.34. The molecule has 0 N–H and O–H groups in total. The molecule has 0 aliphatic heterocycles. The maximum Gasteiger partial charge on any atom is 0.384 e. The van der Waals surface area contributed by atoms with Gasteiger partial charge in [-0.3, -0.25) is 0 Å². The molecule has 0 aromatic carbocycles. The number of esters is 1. The predicted molar refractivity (Wildman–Crippen MR) is 61.6 cm³/mol. The Labute approximate surface area is 93.6 Å². The summed E-state index contributed by atoms with van der Waals surface area (Å²) in [5, 5.41) is 2.04. The number of carbonyl (C=O) groups is 1. The van der Waals surface area contributed by atoms with Crippen molar-refractivity contribution < 1.29 is 9.53 Å². The lowest BCUT2D eigenvalue weighted by Gasteiger charge is -1.89. The molecule has 0 fully saturated rings. The Morgan fingerprint density at radius 3 is 3.20 bits per heavy atom. The second-order valence-corrected chi connectivity index (χ2v) is 3.71. The molecule has 78 valence electrons. The van der Waals surface area contributed by atoms with Gasteiger partial charge in [0.25, 0.3) is 0 Å². The van der Waals surface area contributed by atoms with Crippen LogP contribution in [-0.2, 0) is 16.0 Å². The zero-order chi connectivity index (χ0) is 10.9. The molecular weight excluding hydrogens is 208 g/mol. The van der Waals surface area contributed by atoms with Crippen molar-refractivity contribution in [3.8, 4) is 11.8 Å². The van der Waals surface area contributed by atoms with Crippen LogP contribution in [0.1, 0.15) is 11.8 Å². The SMILES string of the molecule is CCOC(=O)C#C/C=C/Cc1cccs1. The molecule has 3 heteroatoms. The van der Waals surface area contributed by atoms with Crippen LogP contribution in [0.15, 0.2) is 29.7 Å². The van der Waals surface area contributed by atoms with Gasteiger partial charge in [0, 0.05) is 17.2 Å². The summed E-state index contributed by atoms with van der Waals surface area (Å²) in [6.45, 7) is 2.12. The highest BCUT2D eigenvalue weighted by Crippen LogP contribution is 2.08. The standard InChI is InChI=1S/C12H12O2S/c1-2-14-12(13)9-5-3-4-7-11-8-6-10-15-11/h3-4,6,8,10H,2,7H2,1H3/b4-3+. The molecule has 0 radical (unpaired) electrons. The van der Waals surface area contributed by atoms with Crippen molar-refractivity contribution in [2.45, 2.75) is 13.3 Å². The fourth-order valence-corrected chi connectivity index (χ4v) is 1.61. The highest BCUT2D eigenvalue weighted by atomic mass is 32.1. The first-order chi connectivity index (χ1) is 7.33. The van der Waals surface area contributed by atoms with Crippen molar-refractivity contribution in [2.24, 2.45) is 0 Å². The number of allylic oxidation sites excluding steroid dienone is 2. The third-order valence-corrected chi connectivity index (χ3v) is 2.45. The van der Waals surface area contributed by atoms with Crippen LogP contribution in [-0.4, -0.2) is 12.6 Å². The average Bonchev–Trinajstić information content (AvgIpc) is 2.70. The van der Waals surface area contributed by atoms with E-state index in [2.05, 4.69) is 22.6 Å². The van der Waals surface area contributed by atoms with Crippen molar-refractivity contribution in [1.82, 2.24) is 0 Å². The van der Waals surface area contributed by atoms with Crippen LogP contribution >= 0.6 is 11.3 Å². The zero-order valence-electron chi connectivity index (χ0n) is 8.53. The van der Waals surface area contributed by atoms with E-state index in [0.717, 1.165) is 6.42 Å². The van der Waals surface area contributed by atoms with Gasteiger partial charge in [0.05, 0.1) is 6.61 Å².